The van der Waals surface area contributed by atoms with Crippen molar-refractivity contribution in [2.45, 2.75) is 82.8 Å². The maximum absolute atomic E-state index is 12.2. The number of benzene rings is 1. The second kappa shape index (κ2) is 7.97. The van der Waals surface area contributed by atoms with Crippen LogP contribution in [-0.4, -0.2) is 4.75 Å². The first kappa shape index (κ1) is 17.4. The van der Waals surface area contributed by atoms with Crippen LogP contribution < -0.4 is 0 Å². The van der Waals surface area contributed by atoms with Gasteiger partial charge in [0.05, 0.1) is 0 Å². The lowest BCUT2D eigenvalue weighted by Gasteiger charge is -2.24. The fourth-order valence-electron chi connectivity index (χ4n) is 2.48. The highest BCUT2D eigenvalue weighted by atomic mass is 32.2. The van der Waals surface area contributed by atoms with Crippen LogP contribution >= 0.6 is 11.8 Å². The smallest absolute Gasteiger partial charge is 0.185 e. The van der Waals surface area contributed by atoms with Crippen LogP contribution in [0.4, 0.5) is 0 Å². The fourth-order valence-corrected chi connectivity index (χ4v) is 3.76. The van der Waals surface area contributed by atoms with Crippen molar-refractivity contribution in [3.05, 3.63) is 23.3 Å². The van der Waals surface area contributed by atoms with Crippen LogP contribution in [0.3, 0.4) is 0 Å². The zero-order valence-corrected chi connectivity index (χ0v) is 14.5. The number of aryl methyl sites for hydroxylation is 2. The predicted molar refractivity (Wildman–Crippen MR) is 89.4 cm³/mol. The molecule has 0 bridgehead atoms. The van der Waals surface area contributed by atoms with Crippen molar-refractivity contribution in [3.63, 3.8) is 0 Å². The molecular formula is C18H29OS. The molecule has 2 heteroatoms. The summed E-state index contributed by atoms with van der Waals surface area (Å²) in [7, 11) is 0. The molecule has 0 fully saturated rings. The van der Waals surface area contributed by atoms with Gasteiger partial charge in [-0.1, -0.05) is 53.9 Å². The lowest BCUT2D eigenvalue weighted by atomic mass is 10.0. The van der Waals surface area contributed by atoms with E-state index >= 15 is 0 Å². The maximum atomic E-state index is 12.2. The fraction of sp³-hybridized carbons (Fsp3) is 0.667. The number of hydrogen-bond acceptors (Lipinski definition) is 1. The summed E-state index contributed by atoms with van der Waals surface area (Å²) in [4.78, 5) is 1.26. The lowest BCUT2D eigenvalue weighted by Crippen LogP contribution is -2.14. The van der Waals surface area contributed by atoms with Crippen LogP contribution in [0.25, 0.3) is 0 Å². The number of hydrogen-bond donors (Lipinski definition) is 0. The topological polar surface area (TPSA) is 19.9 Å². The molecule has 0 saturated heterocycles. The molecule has 0 aliphatic heterocycles. The van der Waals surface area contributed by atoms with E-state index in [1.165, 1.54) is 30.6 Å². The molecule has 0 N–H and O–H groups in total. The van der Waals surface area contributed by atoms with Crippen molar-refractivity contribution in [1.82, 2.24) is 0 Å². The Bertz CT molecular complexity index is 398. The summed E-state index contributed by atoms with van der Waals surface area (Å²) in [5.41, 5.74) is 1.94. The second-order valence-corrected chi connectivity index (χ2v) is 7.88. The summed E-state index contributed by atoms with van der Waals surface area (Å²) < 4.78 is 0.246. The molecule has 0 aliphatic carbocycles. The zero-order valence-electron chi connectivity index (χ0n) is 13.7. The van der Waals surface area contributed by atoms with Gasteiger partial charge in [-0.3, -0.25) is 5.11 Å². The molecule has 0 heterocycles. The number of unbranched alkanes of at least 4 members (excludes halogenated alkanes) is 2. The summed E-state index contributed by atoms with van der Waals surface area (Å²) in [6.45, 7) is 11.0. The summed E-state index contributed by atoms with van der Waals surface area (Å²) in [6.07, 6.45) is 6.76. The van der Waals surface area contributed by atoms with E-state index in [0.29, 0.717) is 0 Å². The van der Waals surface area contributed by atoms with Gasteiger partial charge in [-0.2, -0.15) is 0 Å². The van der Waals surface area contributed by atoms with Crippen molar-refractivity contribution >= 4 is 11.8 Å². The highest BCUT2D eigenvalue weighted by Gasteiger charge is 2.20. The molecule has 113 valence electrons. The van der Waals surface area contributed by atoms with Crippen LogP contribution in [0.5, 0.6) is 5.75 Å². The van der Waals surface area contributed by atoms with E-state index in [-0.39, 0.29) is 10.5 Å². The van der Waals surface area contributed by atoms with Gasteiger partial charge in [-0.05, 0) is 31.4 Å². The Morgan fingerprint density at radius 3 is 2.00 bits per heavy atom. The summed E-state index contributed by atoms with van der Waals surface area (Å²) in [6, 6.07) is 4.21. The van der Waals surface area contributed by atoms with E-state index in [2.05, 4.69) is 46.8 Å². The molecule has 20 heavy (non-hydrogen) atoms. The van der Waals surface area contributed by atoms with Gasteiger partial charge in [0, 0.05) is 20.8 Å². The minimum absolute atomic E-state index is 0.246. The van der Waals surface area contributed by atoms with Gasteiger partial charge in [-0.25, -0.2) is 0 Å². The molecular weight excluding hydrogens is 264 g/mol. The third-order valence-electron chi connectivity index (χ3n) is 3.75. The number of rotatable bonds is 8. The molecule has 1 nitrogen and oxygen atoms in total. The van der Waals surface area contributed by atoms with Crippen LogP contribution in [0.15, 0.2) is 17.0 Å². The van der Waals surface area contributed by atoms with Crippen molar-refractivity contribution in [2.75, 3.05) is 0 Å². The first-order valence-electron chi connectivity index (χ1n) is 7.95. The van der Waals surface area contributed by atoms with E-state index in [1.54, 1.807) is 0 Å². The first-order valence-corrected chi connectivity index (χ1v) is 8.77. The highest BCUT2D eigenvalue weighted by molar-refractivity contribution is 8.00. The second-order valence-electron chi connectivity index (χ2n) is 6.10. The quantitative estimate of drug-likeness (QED) is 0.400. The molecule has 0 spiro atoms. The van der Waals surface area contributed by atoms with E-state index in [9.17, 15) is 5.11 Å². The molecule has 1 aromatic rings. The predicted octanol–water partition coefficient (Wildman–Crippen LogP) is 6.41. The van der Waals surface area contributed by atoms with E-state index in [0.717, 1.165) is 24.0 Å². The van der Waals surface area contributed by atoms with Crippen LogP contribution in [-0.2, 0) is 17.9 Å². The first-order chi connectivity index (χ1) is 9.43. The largest absolute Gasteiger partial charge is 0.289 e. The summed E-state index contributed by atoms with van der Waals surface area (Å²) in [5.74, 6) is 0.253. The zero-order chi connectivity index (χ0) is 15.2. The third-order valence-corrected chi connectivity index (χ3v) is 4.98. The minimum Gasteiger partial charge on any atom is -0.289 e. The Kier molecular flexibility index (Phi) is 6.94. The molecule has 0 saturated carbocycles. The van der Waals surface area contributed by atoms with E-state index < -0.39 is 0 Å². The van der Waals surface area contributed by atoms with Crippen LogP contribution in [0.1, 0.15) is 71.4 Å². The monoisotopic (exact) mass is 293 g/mol. The van der Waals surface area contributed by atoms with Gasteiger partial charge in [0.1, 0.15) is 0 Å². The summed E-state index contributed by atoms with van der Waals surface area (Å²) in [5, 5.41) is 12.2. The van der Waals surface area contributed by atoms with Gasteiger partial charge < -0.3 is 0 Å². The van der Waals surface area contributed by atoms with Crippen LogP contribution in [0.2, 0.25) is 0 Å². The number of thioether (sulfide) groups is 1. The highest BCUT2D eigenvalue weighted by Crippen LogP contribution is 2.39. The van der Waals surface area contributed by atoms with E-state index in [4.69, 9.17) is 0 Å². The molecule has 1 rings (SSSR count). The summed E-state index contributed by atoms with van der Waals surface area (Å²) >= 11 is 1.93. The maximum Gasteiger partial charge on any atom is 0.185 e. The molecule has 1 aromatic carbocycles. The molecule has 1 radical (unpaired) electrons. The third kappa shape index (κ3) is 5.05. The molecule has 0 amide bonds. The Hall–Kier alpha value is -0.630. The van der Waals surface area contributed by atoms with Gasteiger partial charge in [0.2, 0.25) is 0 Å². The standard InChI is InChI=1S/C18H29OS/c1-6-9-10-11-18(4,5)20-16-12-14(7-2)17(19)15(8-3)13-16/h12-13H,6-11H2,1-5H3. The Morgan fingerprint density at radius 1 is 1.00 bits per heavy atom. The lowest BCUT2D eigenvalue weighted by molar-refractivity contribution is 0.345. The van der Waals surface area contributed by atoms with Crippen molar-refractivity contribution in [3.8, 4) is 5.75 Å². The Labute approximate surface area is 129 Å². The molecule has 0 atom stereocenters. The van der Waals surface area contributed by atoms with E-state index in [1.807, 2.05) is 11.8 Å². The molecule has 0 unspecified atom stereocenters. The average molecular weight is 293 g/mol. The SMILES string of the molecule is CCCCCC(C)(C)Sc1cc(CC)c([O])c(CC)c1. The minimum atomic E-state index is 0.246. The Balaban J connectivity index is 2.85. The van der Waals surface area contributed by atoms with Crippen molar-refractivity contribution < 1.29 is 5.11 Å². The van der Waals surface area contributed by atoms with Gasteiger partial charge in [0.15, 0.2) is 5.75 Å². The van der Waals surface area contributed by atoms with Gasteiger partial charge in [-0.15, -0.1) is 11.8 Å². The Morgan fingerprint density at radius 2 is 1.55 bits per heavy atom. The van der Waals surface area contributed by atoms with Gasteiger partial charge in [0.25, 0.3) is 0 Å². The molecule has 0 aromatic heterocycles. The van der Waals surface area contributed by atoms with Crippen LogP contribution in [0, 0.1) is 0 Å². The normalized spacial score (nSPS) is 11.8. The van der Waals surface area contributed by atoms with Gasteiger partial charge >= 0.3 is 0 Å². The average Bonchev–Trinajstić information content (AvgIpc) is 2.40. The van der Waals surface area contributed by atoms with Crippen molar-refractivity contribution in [1.29, 1.82) is 0 Å². The van der Waals surface area contributed by atoms with Crippen molar-refractivity contribution in [2.24, 2.45) is 0 Å². The molecule has 0 aliphatic rings.